The van der Waals surface area contributed by atoms with Crippen molar-refractivity contribution in [2.24, 2.45) is 0 Å². The molecule has 0 saturated heterocycles. The maximum atomic E-state index is 11.2. The minimum absolute atomic E-state index is 0.0684. The second-order valence-electron chi connectivity index (χ2n) is 6.13. The van der Waals surface area contributed by atoms with Crippen molar-refractivity contribution in [2.45, 2.75) is 39.3 Å². The molecule has 6 heteroatoms. The van der Waals surface area contributed by atoms with E-state index in [0.29, 0.717) is 17.6 Å². The van der Waals surface area contributed by atoms with Crippen LogP contribution in [0.15, 0.2) is 18.2 Å². The lowest BCUT2D eigenvalue weighted by molar-refractivity contribution is 0.0353. The second kappa shape index (κ2) is 7.26. The Kier molecular flexibility index (Phi) is 5.93. The zero-order valence-corrected chi connectivity index (χ0v) is 13.4. The SMILES string of the molecule is Cc1cccc(OCC(O)CN(C(=O)O)C(C)(C)C)c1C=O. The first-order chi connectivity index (χ1) is 10.2. The van der Waals surface area contributed by atoms with Crippen molar-refractivity contribution in [3.63, 3.8) is 0 Å². The summed E-state index contributed by atoms with van der Waals surface area (Å²) >= 11 is 0. The summed E-state index contributed by atoms with van der Waals surface area (Å²) in [6, 6.07) is 5.18. The number of carbonyl (C=O) groups is 2. The molecule has 122 valence electrons. The molecule has 0 aliphatic heterocycles. The van der Waals surface area contributed by atoms with Gasteiger partial charge in [-0.25, -0.2) is 4.79 Å². The van der Waals surface area contributed by atoms with E-state index in [2.05, 4.69) is 0 Å². The fourth-order valence-electron chi connectivity index (χ4n) is 2.02. The van der Waals surface area contributed by atoms with Gasteiger partial charge in [0.05, 0.1) is 12.1 Å². The molecule has 2 N–H and O–H groups in total. The zero-order chi connectivity index (χ0) is 16.9. The van der Waals surface area contributed by atoms with E-state index < -0.39 is 17.7 Å². The molecular formula is C16H23NO5. The standard InChI is InChI=1S/C16H23NO5/c1-11-6-5-7-14(13(11)9-18)22-10-12(19)8-17(15(20)21)16(2,3)4/h5-7,9,12,19H,8,10H2,1-4H3,(H,20,21). The van der Waals surface area contributed by atoms with E-state index in [1.807, 2.05) is 0 Å². The second-order valence-corrected chi connectivity index (χ2v) is 6.13. The monoisotopic (exact) mass is 309 g/mol. The summed E-state index contributed by atoms with van der Waals surface area (Å²) in [5, 5.41) is 19.2. The Morgan fingerprint density at radius 3 is 2.55 bits per heavy atom. The van der Waals surface area contributed by atoms with Crippen LogP contribution in [0.2, 0.25) is 0 Å². The highest BCUT2D eigenvalue weighted by Gasteiger charge is 2.28. The normalized spacial score (nSPS) is 12.6. The number of aliphatic hydroxyl groups is 1. The number of nitrogens with zero attached hydrogens (tertiary/aromatic N) is 1. The van der Waals surface area contributed by atoms with Gasteiger partial charge in [0.25, 0.3) is 0 Å². The van der Waals surface area contributed by atoms with Gasteiger partial charge in [0.15, 0.2) is 6.29 Å². The van der Waals surface area contributed by atoms with Crippen LogP contribution >= 0.6 is 0 Å². The largest absolute Gasteiger partial charge is 0.490 e. The third kappa shape index (κ3) is 4.73. The van der Waals surface area contributed by atoms with E-state index in [-0.39, 0.29) is 13.2 Å². The molecule has 0 fully saturated rings. The smallest absolute Gasteiger partial charge is 0.407 e. The highest BCUT2D eigenvalue weighted by Crippen LogP contribution is 2.20. The van der Waals surface area contributed by atoms with Crippen LogP contribution in [-0.4, -0.2) is 52.3 Å². The molecule has 0 saturated carbocycles. The number of benzene rings is 1. The first kappa shape index (κ1) is 18.0. The molecule has 1 aromatic rings. The number of aldehydes is 1. The molecule has 0 aliphatic rings. The Labute approximate surface area is 130 Å². The summed E-state index contributed by atoms with van der Waals surface area (Å²) < 4.78 is 5.46. The number of hydrogen-bond donors (Lipinski definition) is 2. The third-order valence-electron chi connectivity index (χ3n) is 3.27. The number of aliphatic hydroxyl groups excluding tert-OH is 1. The number of β-amino-alcohol motifs (C(OH)–C–C–N with tert-alkyl or cyclic N) is 1. The number of rotatable bonds is 6. The van der Waals surface area contributed by atoms with Gasteiger partial charge in [0.1, 0.15) is 18.5 Å². The molecule has 0 aromatic heterocycles. The van der Waals surface area contributed by atoms with Gasteiger partial charge < -0.3 is 19.8 Å². The number of hydrogen-bond acceptors (Lipinski definition) is 4. The lowest BCUT2D eigenvalue weighted by Crippen LogP contribution is -2.49. The van der Waals surface area contributed by atoms with Crippen molar-refractivity contribution in [3.8, 4) is 5.75 Å². The topological polar surface area (TPSA) is 87.1 Å². The summed E-state index contributed by atoms with van der Waals surface area (Å²) in [5.74, 6) is 0.381. The van der Waals surface area contributed by atoms with Crippen LogP contribution in [0, 0.1) is 6.92 Å². The highest BCUT2D eigenvalue weighted by molar-refractivity contribution is 5.81. The number of aryl methyl sites for hydroxylation is 1. The van der Waals surface area contributed by atoms with Crippen molar-refractivity contribution < 1.29 is 24.5 Å². The molecule has 1 unspecified atom stereocenters. The van der Waals surface area contributed by atoms with E-state index in [0.717, 1.165) is 10.5 Å². The maximum Gasteiger partial charge on any atom is 0.407 e. The Morgan fingerprint density at radius 1 is 1.41 bits per heavy atom. The summed E-state index contributed by atoms with van der Waals surface area (Å²) in [6.07, 6.45) is -1.39. The molecule has 0 bridgehead atoms. The van der Waals surface area contributed by atoms with Gasteiger partial charge in [-0.3, -0.25) is 4.79 Å². The quantitative estimate of drug-likeness (QED) is 0.788. The molecule has 1 aromatic carbocycles. The van der Waals surface area contributed by atoms with Gasteiger partial charge >= 0.3 is 6.09 Å². The molecule has 1 rings (SSSR count). The predicted molar refractivity (Wildman–Crippen MR) is 82.6 cm³/mol. The van der Waals surface area contributed by atoms with Crippen LogP contribution in [0.4, 0.5) is 4.79 Å². The van der Waals surface area contributed by atoms with Crippen molar-refractivity contribution in [3.05, 3.63) is 29.3 Å². The highest BCUT2D eigenvalue weighted by atomic mass is 16.5. The van der Waals surface area contributed by atoms with Gasteiger partial charge in [-0.1, -0.05) is 12.1 Å². The number of carbonyl (C=O) groups excluding carboxylic acids is 1. The molecule has 0 aliphatic carbocycles. The van der Waals surface area contributed by atoms with Crippen LogP contribution in [0.5, 0.6) is 5.75 Å². The molecule has 0 heterocycles. The molecule has 1 atom stereocenters. The lowest BCUT2D eigenvalue weighted by Gasteiger charge is -2.34. The van der Waals surface area contributed by atoms with Crippen LogP contribution in [-0.2, 0) is 0 Å². The fraction of sp³-hybridized carbons (Fsp3) is 0.500. The Balaban J connectivity index is 2.71. The van der Waals surface area contributed by atoms with Gasteiger partial charge in [0.2, 0.25) is 0 Å². The van der Waals surface area contributed by atoms with Crippen LogP contribution in [0.1, 0.15) is 36.7 Å². The fourth-order valence-corrected chi connectivity index (χ4v) is 2.02. The number of carboxylic acid groups (broad SMARTS) is 1. The molecule has 0 spiro atoms. The van der Waals surface area contributed by atoms with Crippen LogP contribution < -0.4 is 4.74 Å². The van der Waals surface area contributed by atoms with Crippen LogP contribution in [0.25, 0.3) is 0 Å². The van der Waals surface area contributed by atoms with Crippen molar-refractivity contribution in [1.29, 1.82) is 0 Å². The van der Waals surface area contributed by atoms with E-state index in [9.17, 15) is 19.8 Å². The first-order valence-electron chi connectivity index (χ1n) is 7.03. The molecular weight excluding hydrogens is 286 g/mol. The minimum Gasteiger partial charge on any atom is -0.490 e. The summed E-state index contributed by atoms with van der Waals surface area (Å²) in [6.45, 7) is 6.88. The van der Waals surface area contributed by atoms with Crippen LogP contribution in [0.3, 0.4) is 0 Å². The van der Waals surface area contributed by atoms with Crippen molar-refractivity contribution >= 4 is 12.4 Å². The van der Waals surface area contributed by atoms with Gasteiger partial charge in [0, 0.05) is 5.54 Å². The van der Waals surface area contributed by atoms with E-state index >= 15 is 0 Å². The van der Waals surface area contributed by atoms with Gasteiger partial charge in [-0.05, 0) is 39.3 Å². The Morgan fingerprint density at radius 2 is 2.05 bits per heavy atom. The number of ether oxygens (including phenoxy) is 1. The molecule has 1 amide bonds. The first-order valence-corrected chi connectivity index (χ1v) is 7.03. The maximum absolute atomic E-state index is 11.2. The summed E-state index contributed by atoms with van der Waals surface area (Å²) in [5.41, 5.74) is 0.592. The minimum atomic E-state index is -1.10. The molecule has 0 radical (unpaired) electrons. The average molecular weight is 309 g/mol. The van der Waals surface area contributed by atoms with E-state index in [1.54, 1.807) is 45.9 Å². The summed E-state index contributed by atoms with van der Waals surface area (Å²) in [4.78, 5) is 23.4. The van der Waals surface area contributed by atoms with Gasteiger partial charge in [-0.15, -0.1) is 0 Å². The molecule has 22 heavy (non-hydrogen) atoms. The van der Waals surface area contributed by atoms with Gasteiger partial charge in [-0.2, -0.15) is 0 Å². The number of amides is 1. The third-order valence-corrected chi connectivity index (χ3v) is 3.27. The Hall–Kier alpha value is -2.08. The van der Waals surface area contributed by atoms with Crippen molar-refractivity contribution in [2.75, 3.05) is 13.2 Å². The van der Waals surface area contributed by atoms with E-state index in [4.69, 9.17) is 4.74 Å². The lowest BCUT2D eigenvalue weighted by atomic mass is 10.1. The predicted octanol–water partition coefficient (Wildman–Crippen LogP) is 2.33. The summed E-state index contributed by atoms with van der Waals surface area (Å²) in [7, 11) is 0. The Bertz CT molecular complexity index is 536. The van der Waals surface area contributed by atoms with Crippen molar-refractivity contribution in [1.82, 2.24) is 4.90 Å². The zero-order valence-electron chi connectivity index (χ0n) is 13.4. The average Bonchev–Trinajstić information content (AvgIpc) is 2.41. The van der Waals surface area contributed by atoms with E-state index in [1.165, 1.54) is 0 Å². The molecule has 6 nitrogen and oxygen atoms in total.